The van der Waals surface area contributed by atoms with Gasteiger partial charge in [-0.2, -0.15) is 0 Å². The Bertz CT molecular complexity index is 497. The molecule has 0 aliphatic heterocycles. The number of amides is 1. The number of rotatable bonds is 4. The highest BCUT2D eigenvalue weighted by atomic mass is 16.5. The molecule has 1 aromatic rings. The Morgan fingerprint density at radius 1 is 1.26 bits per heavy atom. The van der Waals surface area contributed by atoms with Crippen LogP contribution in [-0.2, 0) is 9.53 Å². The predicted octanol–water partition coefficient (Wildman–Crippen LogP) is 0.959. The van der Waals surface area contributed by atoms with Crippen LogP contribution in [0.15, 0.2) is 18.2 Å². The van der Waals surface area contributed by atoms with Gasteiger partial charge in [0.05, 0.1) is 19.8 Å². The van der Waals surface area contributed by atoms with E-state index in [-0.39, 0.29) is 0 Å². The summed E-state index contributed by atoms with van der Waals surface area (Å²) in [5, 5.41) is 2.58. The number of carbonyl (C=O) groups excluding carboxylic acids is 2. The maximum Gasteiger partial charge on any atom is 0.330 e. The van der Waals surface area contributed by atoms with Gasteiger partial charge in [0, 0.05) is 11.8 Å². The lowest BCUT2D eigenvalue weighted by molar-refractivity contribution is -0.146. The molecule has 0 unspecified atom stereocenters. The molecule has 6 heteroatoms. The smallest absolute Gasteiger partial charge is 0.330 e. The van der Waals surface area contributed by atoms with Gasteiger partial charge < -0.3 is 20.5 Å². The lowest BCUT2D eigenvalue weighted by atomic mass is 10.0. The third kappa shape index (κ3) is 3.37. The zero-order valence-corrected chi connectivity index (χ0v) is 11.4. The Morgan fingerprint density at radius 3 is 2.42 bits per heavy atom. The summed E-state index contributed by atoms with van der Waals surface area (Å²) in [5.74, 6) is -0.624. The highest BCUT2D eigenvalue weighted by Crippen LogP contribution is 2.22. The van der Waals surface area contributed by atoms with Crippen molar-refractivity contribution < 1.29 is 19.1 Å². The SMILES string of the molecule is COC(=O)C(C)(C)NC(=O)c1ccc(N)cc1OC. The summed E-state index contributed by atoms with van der Waals surface area (Å²) in [7, 11) is 2.71. The second-order valence-electron chi connectivity index (χ2n) is 4.53. The van der Waals surface area contributed by atoms with Crippen LogP contribution in [0.5, 0.6) is 5.75 Å². The van der Waals surface area contributed by atoms with E-state index in [1.165, 1.54) is 20.3 Å². The Hall–Kier alpha value is -2.24. The van der Waals surface area contributed by atoms with Crippen molar-refractivity contribution >= 4 is 17.6 Å². The van der Waals surface area contributed by atoms with E-state index in [4.69, 9.17) is 10.5 Å². The number of carbonyl (C=O) groups is 2. The maximum absolute atomic E-state index is 12.1. The van der Waals surface area contributed by atoms with Crippen LogP contribution in [0.3, 0.4) is 0 Å². The molecule has 0 spiro atoms. The molecule has 0 heterocycles. The molecule has 0 bridgehead atoms. The van der Waals surface area contributed by atoms with Gasteiger partial charge in [0.25, 0.3) is 5.91 Å². The van der Waals surface area contributed by atoms with Gasteiger partial charge in [-0.05, 0) is 26.0 Å². The molecule has 0 aliphatic carbocycles. The fourth-order valence-electron chi connectivity index (χ4n) is 1.55. The average molecular weight is 266 g/mol. The highest BCUT2D eigenvalue weighted by molar-refractivity contribution is 6.00. The molecular formula is C13H18N2O4. The Kier molecular flexibility index (Phi) is 4.37. The molecule has 3 N–H and O–H groups in total. The van der Waals surface area contributed by atoms with E-state index in [1.807, 2.05) is 0 Å². The minimum absolute atomic E-state index is 0.300. The molecule has 104 valence electrons. The third-order valence-corrected chi connectivity index (χ3v) is 2.59. The van der Waals surface area contributed by atoms with E-state index in [0.29, 0.717) is 17.0 Å². The summed E-state index contributed by atoms with van der Waals surface area (Å²) in [4.78, 5) is 23.7. The quantitative estimate of drug-likeness (QED) is 0.625. The Morgan fingerprint density at radius 2 is 1.89 bits per heavy atom. The van der Waals surface area contributed by atoms with Gasteiger partial charge in [-0.3, -0.25) is 4.79 Å². The molecule has 0 radical (unpaired) electrons. The van der Waals surface area contributed by atoms with Gasteiger partial charge in [0.2, 0.25) is 0 Å². The zero-order chi connectivity index (χ0) is 14.6. The van der Waals surface area contributed by atoms with Gasteiger partial charge >= 0.3 is 5.97 Å². The molecule has 0 atom stereocenters. The van der Waals surface area contributed by atoms with Crippen LogP contribution in [-0.4, -0.2) is 31.6 Å². The maximum atomic E-state index is 12.1. The van der Waals surface area contributed by atoms with Crippen molar-refractivity contribution in [2.24, 2.45) is 0 Å². The molecule has 1 rings (SSSR count). The number of hydrogen-bond acceptors (Lipinski definition) is 5. The molecule has 19 heavy (non-hydrogen) atoms. The minimum Gasteiger partial charge on any atom is -0.496 e. The molecular weight excluding hydrogens is 248 g/mol. The Balaban J connectivity index is 2.99. The van der Waals surface area contributed by atoms with E-state index < -0.39 is 17.4 Å². The van der Waals surface area contributed by atoms with Crippen LogP contribution in [0.2, 0.25) is 0 Å². The molecule has 6 nitrogen and oxygen atoms in total. The number of benzene rings is 1. The van der Waals surface area contributed by atoms with Gasteiger partial charge in [-0.15, -0.1) is 0 Å². The van der Waals surface area contributed by atoms with Gasteiger partial charge in [0.1, 0.15) is 11.3 Å². The topological polar surface area (TPSA) is 90.7 Å². The second kappa shape index (κ2) is 5.60. The number of nitrogens with two attached hydrogens (primary N) is 1. The van der Waals surface area contributed by atoms with Crippen LogP contribution in [0.4, 0.5) is 5.69 Å². The lowest BCUT2D eigenvalue weighted by Gasteiger charge is -2.23. The number of ether oxygens (including phenoxy) is 2. The fraction of sp³-hybridized carbons (Fsp3) is 0.385. The first-order valence-corrected chi connectivity index (χ1v) is 5.66. The van der Waals surface area contributed by atoms with Crippen molar-refractivity contribution in [3.8, 4) is 5.75 Å². The van der Waals surface area contributed by atoms with E-state index in [1.54, 1.807) is 26.0 Å². The monoisotopic (exact) mass is 266 g/mol. The van der Waals surface area contributed by atoms with Gasteiger partial charge in [-0.25, -0.2) is 4.79 Å². The zero-order valence-electron chi connectivity index (χ0n) is 11.4. The number of methoxy groups -OCH3 is 2. The van der Waals surface area contributed by atoms with Crippen molar-refractivity contribution in [1.29, 1.82) is 0 Å². The average Bonchev–Trinajstić information content (AvgIpc) is 2.36. The minimum atomic E-state index is -1.13. The van der Waals surface area contributed by atoms with Crippen molar-refractivity contribution in [1.82, 2.24) is 5.32 Å². The second-order valence-corrected chi connectivity index (χ2v) is 4.53. The molecule has 1 amide bonds. The number of nitrogens with one attached hydrogen (secondary N) is 1. The highest BCUT2D eigenvalue weighted by Gasteiger charge is 2.31. The largest absolute Gasteiger partial charge is 0.496 e. The molecule has 0 saturated carbocycles. The molecule has 0 aliphatic rings. The van der Waals surface area contributed by atoms with E-state index >= 15 is 0 Å². The summed E-state index contributed by atoms with van der Waals surface area (Å²) in [5.41, 5.74) is 5.27. The van der Waals surface area contributed by atoms with Crippen molar-refractivity contribution in [2.75, 3.05) is 20.0 Å². The standard InChI is InChI=1S/C13H18N2O4/c1-13(2,12(17)19-4)15-11(16)9-6-5-8(14)7-10(9)18-3/h5-7H,14H2,1-4H3,(H,15,16). The normalized spacial score (nSPS) is 10.7. The van der Waals surface area contributed by atoms with Crippen LogP contribution in [0.1, 0.15) is 24.2 Å². The van der Waals surface area contributed by atoms with Crippen LogP contribution >= 0.6 is 0 Å². The van der Waals surface area contributed by atoms with Gasteiger partial charge in [-0.1, -0.05) is 0 Å². The van der Waals surface area contributed by atoms with E-state index in [2.05, 4.69) is 10.1 Å². The summed E-state index contributed by atoms with van der Waals surface area (Å²) in [6, 6.07) is 4.67. The van der Waals surface area contributed by atoms with E-state index in [0.717, 1.165) is 0 Å². The first-order chi connectivity index (χ1) is 8.81. The van der Waals surface area contributed by atoms with E-state index in [9.17, 15) is 9.59 Å². The predicted molar refractivity (Wildman–Crippen MR) is 71.0 cm³/mol. The molecule has 0 fully saturated rings. The molecule has 0 aromatic heterocycles. The summed E-state index contributed by atoms with van der Waals surface area (Å²) >= 11 is 0. The number of hydrogen-bond donors (Lipinski definition) is 2. The van der Waals surface area contributed by atoms with Crippen molar-refractivity contribution in [3.05, 3.63) is 23.8 Å². The van der Waals surface area contributed by atoms with Gasteiger partial charge in [0.15, 0.2) is 0 Å². The van der Waals surface area contributed by atoms with Crippen molar-refractivity contribution in [2.45, 2.75) is 19.4 Å². The fourth-order valence-corrected chi connectivity index (χ4v) is 1.55. The first-order valence-electron chi connectivity index (χ1n) is 5.66. The van der Waals surface area contributed by atoms with Crippen LogP contribution in [0, 0.1) is 0 Å². The molecule has 0 saturated heterocycles. The summed E-state index contributed by atoms with van der Waals surface area (Å²) in [6.07, 6.45) is 0. The van der Waals surface area contributed by atoms with Crippen LogP contribution in [0.25, 0.3) is 0 Å². The first kappa shape index (κ1) is 14.8. The van der Waals surface area contributed by atoms with Crippen molar-refractivity contribution in [3.63, 3.8) is 0 Å². The summed E-state index contributed by atoms with van der Waals surface area (Å²) in [6.45, 7) is 3.11. The van der Waals surface area contributed by atoms with Crippen LogP contribution < -0.4 is 15.8 Å². The summed E-state index contributed by atoms with van der Waals surface area (Å²) < 4.78 is 9.71. The number of nitrogen functional groups attached to an aromatic ring is 1. The number of esters is 1. The third-order valence-electron chi connectivity index (χ3n) is 2.59. The lowest BCUT2D eigenvalue weighted by Crippen LogP contribution is -2.50. The molecule has 1 aromatic carbocycles. The Labute approximate surface area is 111 Å². The number of anilines is 1.